The van der Waals surface area contributed by atoms with Crippen LogP contribution in [-0.4, -0.2) is 32.2 Å². The number of ether oxygens (including phenoxy) is 1. The summed E-state index contributed by atoms with van der Waals surface area (Å²) >= 11 is 0. The summed E-state index contributed by atoms with van der Waals surface area (Å²) in [5, 5.41) is 5.42. The molecular weight excluding hydrogens is 294 g/mol. The zero-order chi connectivity index (χ0) is 17.0. The molecule has 0 fully saturated rings. The Morgan fingerprint density at radius 1 is 1.26 bits per heavy atom. The van der Waals surface area contributed by atoms with E-state index < -0.39 is 12.0 Å². The van der Waals surface area contributed by atoms with Crippen LogP contribution in [0.15, 0.2) is 35.5 Å². The quantitative estimate of drug-likeness (QED) is 0.818. The zero-order valence-corrected chi connectivity index (χ0v) is 14.0. The maximum atomic E-state index is 12.2. The molecule has 0 aliphatic carbocycles. The number of nitrogens with one attached hydrogen (secondary N) is 2. The number of urea groups is 1. The standard InChI is InChI=1S/C17H23N3O3/c1-5-20(4)13-9-7-12(8-10-13)15-14(16(21)23-6-2)11(3)18-17(22)19-15/h7-10,15H,5-6H2,1-4H3,(H2,18,19,22)/t15-/m1/s1. The van der Waals surface area contributed by atoms with Crippen LogP contribution in [-0.2, 0) is 9.53 Å². The molecular formula is C17H23N3O3. The van der Waals surface area contributed by atoms with Crippen LogP contribution in [0, 0.1) is 0 Å². The van der Waals surface area contributed by atoms with Crippen molar-refractivity contribution in [1.29, 1.82) is 0 Å². The largest absolute Gasteiger partial charge is 0.463 e. The third-order valence-corrected chi connectivity index (χ3v) is 3.91. The van der Waals surface area contributed by atoms with Crippen molar-refractivity contribution in [3.8, 4) is 0 Å². The maximum absolute atomic E-state index is 12.2. The Bertz CT molecular complexity index is 622. The minimum absolute atomic E-state index is 0.288. The van der Waals surface area contributed by atoms with E-state index in [0.29, 0.717) is 11.3 Å². The van der Waals surface area contributed by atoms with Crippen LogP contribution in [0.5, 0.6) is 0 Å². The van der Waals surface area contributed by atoms with Gasteiger partial charge >= 0.3 is 12.0 Å². The summed E-state index contributed by atoms with van der Waals surface area (Å²) in [5.74, 6) is -0.419. The SMILES string of the molecule is CCOC(=O)C1=C(C)NC(=O)N[C@@H]1c1ccc(N(C)CC)cc1. The van der Waals surface area contributed by atoms with Crippen molar-refractivity contribution in [3.05, 3.63) is 41.1 Å². The van der Waals surface area contributed by atoms with Crippen LogP contribution < -0.4 is 15.5 Å². The number of allylic oxidation sites excluding steroid dienone is 1. The summed E-state index contributed by atoms with van der Waals surface area (Å²) < 4.78 is 5.12. The molecule has 124 valence electrons. The smallest absolute Gasteiger partial charge is 0.338 e. The van der Waals surface area contributed by atoms with E-state index in [1.807, 2.05) is 31.3 Å². The van der Waals surface area contributed by atoms with Gasteiger partial charge in [-0.1, -0.05) is 12.1 Å². The first-order valence-corrected chi connectivity index (χ1v) is 7.74. The third-order valence-electron chi connectivity index (χ3n) is 3.91. The Kier molecular flexibility index (Phi) is 5.26. The van der Waals surface area contributed by atoms with Gasteiger partial charge in [0.15, 0.2) is 0 Å². The molecule has 0 spiro atoms. The Morgan fingerprint density at radius 3 is 2.48 bits per heavy atom. The topological polar surface area (TPSA) is 70.7 Å². The van der Waals surface area contributed by atoms with E-state index in [4.69, 9.17) is 4.74 Å². The maximum Gasteiger partial charge on any atom is 0.338 e. The van der Waals surface area contributed by atoms with Gasteiger partial charge in [0.05, 0.1) is 18.2 Å². The number of nitrogens with zero attached hydrogens (tertiary/aromatic N) is 1. The average Bonchev–Trinajstić information content (AvgIpc) is 2.53. The van der Waals surface area contributed by atoms with E-state index >= 15 is 0 Å². The Hall–Kier alpha value is -2.50. The van der Waals surface area contributed by atoms with Gasteiger partial charge < -0.3 is 20.3 Å². The second-order valence-corrected chi connectivity index (χ2v) is 5.40. The van der Waals surface area contributed by atoms with E-state index in [0.717, 1.165) is 17.8 Å². The number of amides is 2. The molecule has 2 N–H and O–H groups in total. The van der Waals surface area contributed by atoms with Gasteiger partial charge in [0.1, 0.15) is 0 Å². The molecule has 1 aromatic rings. The van der Waals surface area contributed by atoms with Gasteiger partial charge in [0.25, 0.3) is 0 Å². The highest BCUT2D eigenvalue weighted by molar-refractivity contribution is 5.95. The fourth-order valence-electron chi connectivity index (χ4n) is 2.53. The van der Waals surface area contributed by atoms with E-state index in [1.165, 1.54) is 0 Å². The highest BCUT2D eigenvalue weighted by Crippen LogP contribution is 2.28. The predicted octanol–water partition coefficient (Wildman–Crippen LogP) is 2.33. The van der Waals surface area contributed by atoms with Gasteiger partial charge in [-0.05, 0) is 38.5 Å². The first kappa shape index (κ1) is 16.9. The molecule has 0 aromatic heterocycles. The molecule has 6 heteroatoms. The number of hydrogen-bond acceptors (Lipinski definition) is 4. The van der Waals surface area contributed by atoms with Crippen molar-refractivity contribution >= 4 is 17.7 Å². The Labute approximate surface area is 136 Å². The van der Waals surface area contributed by atoms with Crippen molar-refractivity contribution in [2.75, 3.05) is 25.1 Å². The van der Waals surface area contributed by atoms with Crippen LogP contribution in [0.25, 0.3) is 0 Å². The van der Waals surface area contributed by atoms with Crippen LogP contribution in [0.3, 0.4) is 0 Å². The fraction of sp³-hybridized carbons (Fsp3) is 0.412. The molecule has 0 bridgehead atoms. The first-order chi connectivity index (χ1) is 11.0. The zero-order valence-electron chi connectivity index (χ0n) is 14.0. The van der Waals surface area contributed by atoms with Crippen molar-refractivity contribution in [2.24, 2.45) is 0 Å². The molecule has 23 heavy (non-hydrogen) atoms. The van der Waals surface area contributed by atoms with Crippen LogP contribution in [0.4, 0.5) is 10.5 Å². The summed E-state index contributed by atoms with van der Waals surface area (Å²) in [6.45, 7) is 6.73. The number of rotatable bonds is 5. The summed E-state index contributed by atoms with van der Waals surface area (Å²) in [7, 11) is 2.01. The lowest BCUT2D eigenvalue weighted by atomic mass is 9.95. The molecule has 6 nitrogen and oxygen atoms in total. The van der Waals surface area contributed by atoms with E-state index in [9.17, 15) is 9.59 Å². The second-order valence-electron chi connectivity index (χ2n) is 5.40. The van der Waals surface area contributed by atoms with E-state index in [1.54, 1.807) is 13.8 Å². The summed E-state index contributed by atoms with van der Waals surface area (Å²) in [5.41, 5.74) is 2.88. The molecule has 0 radical (unpaired) electrons. The van der Waals surface area contributed by atoms with Gasteiger partial charge in [-0.3, -0.25) is 0 Å². The minimum atomic E-state index is -0.510. The van der Waals surface area contributed by atoms with Crippen molar-refractivity contribution in [3.63, 3.8) is 0 Å². The lowest BCUT2D eigenvalue weighted by Crippen LogP contribution is -2.45. The van der Waals surface area contributed by atoms with Crippen molar-refractivity contribution in [1.82, 2.24) is 10.6 Å². The van der Waals surface area contributed by atoms with Gasteiger partial charge in [-0.2, -0.15) is 0 Å². The molecule has 1 aliphatic heterocycles. The Balaban J connectivity index is 2.36. The molecule has 0 saturated heterocycles. The van der Waals surface area contributed by atoms with Gasteiger partial charge in [0.2, 0.25) is 0 Å². The normalized spacial score (nSPS) is 17.4. The monoisotopic (exact) mass is 317 g/mol. The van der Waals surface area contributed by atoms with Gasteiger partial charge in [-0.25, -0.2) is 9.59 Å². The van der Waals surface area contributed by atoms with E-state index in [2.05, 4.69) is 22.5 Å². The van der Waals surface area contributed by atoms with E-state index in [-0.39, 0.29) is 12.6 Å². The Morgan fingerprint density at radius 2 is 1.91 bits per heavy atom. The minimum Gasteiger partial charge on any atom is -0.463 e. The molecule has 1 aromatic carbocycles. The lowest BCUT2D eigenvalue weighted by molar-refractivity contribution is -0.139. The molecule has 1 aliphatic rings. The molecule has 2 rings (SSSR count). The number of esters is 1. The highest BCUT2D eigenvalue weighted by atomic mass is 16.5. The number of anilines is 1. The van der Waals surface area contributed by atoms with Crippen molar-refractivity contribution < 1.29 is 14.3 Å². The summed E-state index contributed by atoms with van der Waals surface area (Å²) in [4.78, 5) is 26.1. The summed E-state index contributed by atoms with van der Waals surface area (Å²) in [6, 6.07) is 6.96. The third kappa shape index (κ3) is 3.64. The molecule has 2 amide bonds. The number of benzene rings is 1. The number of hydrogen-bond donors (Lipinski definition) is 2. The average molecular weight is 317 g/mol. The highest BCUT2D eigenvalue weighted by Gasteiger charge is 2.31. The second kappa shape index (κ2) is 7.17. The predicted molar refractivity (Wildman–Crippen MR) is 89.1 cm³/mol. The van der Waals surface area contributed by atoms with Crippen molar-refractivity contribution in [2.45, 2.75) is 26.8 Å². The van der Waals surface area contributed by atoms with Gasteiger partial charge in [-0.15, -0.1) is 0 Å². The van der Waals surface area contributed by atoms with Crippen LogP contribution in [0.2, 0.25) is 0 Å². The first-order valence-electron chi connectivity index (χ1n) is 7.74. The van der Waals surface area contributed by atoms with Gasteiger partial charge in [0, 0.05) is 25.0 Å². The van der Waals surface area contributed by atoms with Crippen LogP contribution >= 0.6 is 0 Å². The summed E-state index contributed by atoms with van der Waals surface area (Å²) in [6.07, 6.45) is 0. The number of carbonyl (C=O) groups is 2. The lowest BCUT2D eigenvalue weighted by Gasteiger charge is -2.28. The molecule has 1 heterocycles. The molecule has 0 saturated carbocycles. The molecule has 1 atom stereocenters. The van der Waals surface area contributed by atoms with Crippen LogP contribution in [0.1, 0.15) is 32.4 Å². The number of carbonyl (C=O) groups excluding carboxylic acids is 2. The fourth-order valence-corrected chi connectivity index (χ4v) is 2.53. The molecule has 0 unspecified atom stereocenters.